The number of hydrogen-bond acceptors (Lipinski definition) is 2. The van der Waals surface area contributed by atoms with Crippen LogP contribution in [-0.2, 0) is 4.79 Å². The van der Waals surface area contributed by atoms with Crippen LogP contribution in [0.1, 0.15) is 30.0 Å². The second-order valence-electron chi connectivity index (χ2n) is 5.21. The number of carboxylic acids is 1. The van der Waals surface area contributed by atoms with Crippen LogP contribution in [0.4, 0.5) is 0 Å². The van der Waals surface area contributed by atoms with Gasteiger partial charge in [-0.2, -0.15) is 0 Å². The van der Waals surface area contributed by atoms with Gasteiger partial charge >= 0.3 is 5.97 Å². The lowest BCUT2D eigenvalue weighted by atomic mass is 10.0. The monoisotopic (exact) mass is 330 g/mol. The summed E-state index contributed by atoms with van der Waals surface area (Å²) in [6.07, 6.45) is 2.51. The van der Waals surface area contributed by atoms with Crippen molar-refractivity contribution in [3.05, 3.63) is 64.2 Å². The van der Waals surface area contributed by atoms with E-state index in [0.29, 0.717) is 22.8 Å². The predicted octanol–water partition coefficient (Wildman–Crippen LogP) is 5.06. The molecule has 2 rings (SSSR count). The quantitative estimate of drug-likeness (QED) is 0.594. The van der Waals surface area contributed by atoms with E-state index in [1.165, 1.54) is 0 Å². The highest BCUT2D eigenvalue weighted by molar-refractivity contribution is 6.33. The molecular weight excluding hydrogens is 312 g/mol. The van der Waals surface area contributed by atoms with Crippen LogP contribution >= 0.6 is 11.6 Å². The highest BCUT2D eigenvalue weighted by Crippen LogP contribution is 2.27. The summed E-state index contributed by atoms with van der Waals surface area (Å²) in [6, 6.07) is 12.5. The van der Waals surface area contributed by atoms with Crippen molar-refractivity contribution in [3.8, 4) is 5.75 Å². The molecule has 2 aromatic carbocycles. The standard InChI is InChI=1S/C19H19ClO3/c1-3-10-23-18-9-8-14(11-13(18)2)16(19(21)22)12-15-6-4-5-7-17(15)20/h4-9,11-12H,3,10H2,1-2H3,(H,21,22)/b16-12-. The molecule has 0 bridgehead atoms. The van der Waals surface area contributed by atoms with E-state index in [1.54, 1.807) is 24.3 Å². The van der Waals surface area contributed by atoms with Crippen molar-refractivity contribution in [2.45, 2.75) is 20.3 Å². The molecule has 0 aromatic heterocycles. The van der Waals surface area contributed by atoms with E-state index in [4.69, 9.17) is 16.3 Å². The molecule has 0 amide bonds. The normalized spacial score (nSPS) is 11.3. The molecule has 0 aliphatic heterocycles. The molecule has 4 heteroatoms. The van der Waals surface area contributed by atoms with Gasteiger partial charge in [-0.25, -0.2) is 4.79 Å². The molecule has 2 aromatic rings. The summed E-state index contributed by atoms with van der Waals surface area (Å²) in [6.45, 7) is 4.59. The maximum atomic E-state index is 11.6. The number of carboxylic acid groups (broad SMARTS) is 1. The zero-order chi connectivity index (χ0) is 16.8. The number of carbonyl (C=O) groups is 1. The minimum Gasteiger partial charge on any atom is -0.493 e. The second kappa shape index (κ2) is 7.84. The number of ether oxygens (including phenoxy) is 1. The highest BCUT2D eigenvalue weighted by Gasteiger charge is 2.13. The zero-order valence-electron chi connectivity index (χ0n) is 13.2. The average Bonchev–Trinajstić information content (AvgIpc) is 2.52. The SMILES string of the molecule is CCCOc1ccc(/C(=C/c2ccccc2Cl)C(=O)O)cc1C. The van der Waals surface area contributed by atoms with Crippen molar-refractivity contribution < 1.29 is 14.6 Å². The lowest BCUT2D eigenvalue weighted by molar-refractivity contribution is -0.130. The Hall–Kier alpha value is -2.26. The molecule has 0 saturated heterocycles. The molecule has 3 nitrogen and oxygen atoms in total. The van der Waals surface area contributed by atoms with Crippen LogP contribution in [0.15, 0.2) is 42.5 Å². The van der Waals surface area contributed by atoms with Gasteiger partial charge in [0.05, 0.1) is 12.2 Å². The molecule has 0 unspecified atom stereocenters. The Balaban J connectivity index is 2.41. The molecule has 120 valence electrons. The summed E-state index contributed by atoms with van der Waals surface area (Å²) >= 11 is 6.12. The number of aliphatic carboxylic acids is 1. The molecule has 23 heavy (non-hydrogen) atoms. The Morgan fingerprint density at radius 2 is 2.00 bits per heavy atom. The number of halogens is 1. The van der Waals surface area contributed by atoms with Gasteiger partial charge in [0.15, 0.2) is 0 Å². The van der Waals surface area contributed by atoms with Crippen LogP contribution in [0.25, 0.3) is 11.6 Å². The Morgan fingerprint density at radius 3 is 2.61 bits per heavy atom. The fourth-order valence-corrected chi connectivity index (χ4v) is 2.40. The molecule has 0 fully saturated rings. The maximum absolute atomic E-state index is 11.6. The number of hydrogen-bond donors (Lipinski definition) is 1. The van der Waals surface area contributed by atoms with Gasteiger partial charge in [-0.05, 0) is 54.3 Å². The summed E-state index contributed by atoms with van der Waals surface area (Å²) < 4.78 is 5.63. The summed E-state index contributed by atoms with van der Waals surface area (Å²) in [5.41, 5.74) is 2.40. The summed E-state index contributed by atoms with van der Waals surface area (Å²) in [5, 5.41) is 10.1. The number of rotatable bonds is 6. The van der Waals surface area contributed by atoms with E-state index in [9.17, 15) is 9.90 Å². The summed E-state index contributed by atoms with van der Waals surface area (Å²) in [4.78, 5) is 11.6. The second-order valence-corrected chi connectivity index (χ2v) is 5.62. The predicted molar refractivity (Wildman–Crippen MR) is 93.9 cm³/mol. The van der Waals surface area contributed by atoms with E-state index >= 15 is 0 Å². The van der Waals surface area contributed by atoms with Crippen molar-refractivity contribution >= 4 is 29.2 Å². The van der Waals surface area contributed by atoms with Crippen LogP contribution in [0.3, 0.4) is 0 Å². The first-order valence-corrected chi connectivity index (χ1v) is 7.84. The molecular formula is C19H19ClO3. The molecule has 1 N–H and O–H groups in total. The third kappa shape index (κ3) is 4.36. The van der Waals surface area contributed by atoms with Gasteiger partial charge in [-0.3, -0.25) is 0 Å². The van der Waals surface area contributed by atoms with Crippen molar-refractivity contribution in [1.29, 1.82) is 0 Å². The molecule has 0 aliphatic rings. The first-order chi connectivity index (χ1) is 11.0. The van der Waals surface area contributed by atoms with E-state index < -0.39 is 5.97 Å². The fourth-order valence-electron chi connectivity index (χ4n) is 2.21. The molecule has 0 radical (unpaired) electrons. The smallest absolute Gasteiger partial charge is 0.336 e. The molecule has 0 saturated carbocycles. The first-order valence-electron chi connectivity index (χ1n) is 7.46. The minimum absolute atomic E-state index is 0.197. The van der Waals surface area contributed by atoms with E-state index in [0.717, 1.165) is 17.7 Å². The van der Waals surface area contributed by atoms with Crippen LogP contribution in [0, 0.1) is 6.92 Å². The molecule has 0 atom stereocenters. The Labute approximate surface area is 141 Å². The summed E-state index contributed by atoms with van der Waals surface area (Å²) in [7, 11) is 0. The van der Waals surface area contributed by atoms with Crippen molar-refractivity contribution in [2.24, 2.45) is 0 Å². The Morgan fingerprint density at radius 1 is 1.26 bits per heavy atom. The van der Waals surface area contributed by atoms with Gasteiger partial charge in [0.1, 0.15) is 5.75 Å². The van der Waals surface area contributed by atoms with Crippen molar-refractivity contribution in [3.63, 3.8) is 0 Å². The minimum atomic E-state index is -0.994. The molecule has 0 spiro atoms. The van der Waals surface area contributed by atoms with Gasteiger partial charge in [0, 0.05) is 5.02 Å². The fraction of sp³-hybridized carbons (Fsp3) is 0.211. The van der Waals surface area contributed by atoms with Gasteiger partial charge in [-0.15, -0.1) is 0 Å². The zero-order valence-corrected chi connectivity index (χ0v) is 13.9. The van der Waals surface area contributed by atoms with Gasteiger partial charge in [0.2, 0.25) is 0 Å². The number of aryl methyl sites for hydroxylation is 1. The molecule has 0 aliphatic carbocycles. The van der Waals surface area contributed by atoms with E-state index in [-0.39, 0.29) is 5.57 Å². The van der Waals surface area contributed by atoms with Gasteiger partial charge in [0.25, 0.3) is 0 Å². The molecule has 0 heterocycles. The average molecular weight is 331 g/mol. The van der Waals surface area contributed by atoms with Crippen LogP contribution in [0.2, 0.25) is 5.02 Å². The highest BCUT2D eigenvalue weighted by atomic mass is 35.5. The third-order valence-electron chi connectivity index (χ3n) is 3.38. The summed E-state index contributed by atoms with van der Waals surface area (Å²) in [5.74, 6) is -0.218. The Bertz CT molecular complexity index is 735. The van der Waals surface area contributed by atoms with Crippen molar-refractivity contribution in [1.82, 2.24) is 0 Å². The third-order valence-corrected chi connectivity index (χ3v) is 3.73. The van der Waals surface area contributed by atoms with Gasteiger partial charge < -0.3 is 9.84 Å². The first kappa shape index (κ1) is 17.1. The topological polar surface area (TPSA) is 46.5 Å². The van der Waals surface area contributed by atoms with Crippen molar-refractivity contribution in [2.75, 3.05) is 6.61 Å². The van der Waals surface area contributed by atoms with E-state index in [2.05, 4.69) is 0 Å². The lowest BCUT2D eigenvalue weighted by Gasteiger charge is -2.11. The van der Waals surface area contributed by atoms with E-state index in [1.807, 2.05) is 38.1 Å². The lowest BCUT2D eigenvalue weighted by Crippen LogP contribution is -2.02. The van der Waals surface area contributed by atoms with Gasteiger partial charge in [-0.1, -0.05) is 42.8 Å². The maximum Gasteiger partial charge on any atom is 0.336 e. The van der Waals surface area contributed by atoms with Crippen LogP contribution in [0.5, 0.6) is 5.75 Å². The van der Waals surface area contributed by atoms with Crippen LogP contribution in [-0.4, -0.2) is 17.7 Å². The largest absolute Gasteiger partial charge is 0.493 e. The Kier molecular flexibility index (Phi) is 5.83. The van der Waals surface area contributed by atoms with Crippen LogP contribution < -0.4 is 4.74 Å². The number of benzene rings is 2.